The van der Waals surface area contributed by atoms with E-state index in [0.29, 0.717) is 23.4 Å². The van der Waals surface area contributed by atoms with E-state index in [-0.39, 0.29) is 17.2 Å². The molecule has 4 rings (SSSR count). The largest absolute Gasteiger partial charge is 0.434 e. The molecule has 3 heterocycles. The Morgan fingerprint density at radius 3 is 2.51 bits per heavy atom. The Labute approximate surface area is 201 Å². The highest BCUT2D eigenvalue weighted by Crippen LogP contribution is 2.35. The van der Waals surface area contributed by atoms with Crippen LogP contribution in [-0.4, -0.2) is 25.5 Å². The molecule has 0 unspecified atom stereocenters. The van der Waals surface area contributed by atoms with Crippen LogP contribution in [0, 0.1) is 5.41 Å². The van der Waals surface area contributed by atoms with E-state index < -0.39 is 17.3 Å². The van der Waals surface area contributed by atoms with E-state index in [0.717, 1.165) is 23.7 Å². The number of halogens is 3. The summed E-state index contributed by atoms with van der Waals surface area (Å²) < 4.78 is 41.7. The Morgan fingerprint density at radius 1 is 1.06 bits per heavy atom. The van der Waals surface area contributed by atoms with Crippen molar-refractivity contribution in [2.45, 2.75) is 46.7 Å². The summed E-state index contributed by atoms with van der Waals surface area (Å²) in [6.07, 6.45) is -0.386. The molecule has 1 N–H and O–H groups in total. The summed E-state index contributed by atoms with van der Waals surface area (Å²) in [6.45, 7) is 7.78. The predicted octanol–water partition coefficient (Wildman–Crippen LogP) is 6.41. The third kappa shape index (κ3) is 4.89. The van der Waals surface area contributed by atoms with Crippen molar-refractivity contribution < 1.29 is 18.0 Å². The summed E-state index contributed by atoms with van der Waals surface area (Å²) in [4.78, 5) is 20.9. The van der Waals surface area contributed by atoms with Gasteiger partial charge >= 0.3 is 6.18 Å². The second-order valence-corrected chi connectivity index (χ2v) is 8.96. The zero-order valence-electron chi connectivity index (χ0n) is 19.9. The molecule has 0 atom stereocenters. The molecule has 9 heteroatoms. The minimum absolute atomic E-state index is 0.0647. The number of nitrogens with one attached hydrogen (secondary N) is 1. The molecular weight excluding hydrogens is 455 g/mol. The van der Waals surface area contributed by atoms with Gasteiger partial charge in [-0.3, -0.25) is 9.78 Å². The number of hydrogen-bond donors (Lipinski definition) is 1. The van der Waals surface area contributed by atoms with Gasteiger partial charge in [-0.05, 0) is 48.7 Å². The number of carbonyl (C=O) groups excluding carboxylic acids is 1. The number of anilines is 1. The summed E-state index contributed by atoms with van der Waals surface area (Å²) in [6, 6.07) is 11.6. The van der Waals surface area contributed by atoms with E-state index in [1.165, 1.54) is 22.7 Å². The SMILES string of the molecule is CCc1ccc(-c2cn3nc(-c4cccnc4C(F)(F)F)ccc3n2)cc1NC(=O)C(C)(C)CC. The number of carbonyl (C=O) groups is 1. The number of rotatable bonds is 6. The van der Waals surface area contributed by atoms with E-state index in [1.807, 2.05) is 45.9 Å². The summed E-state index contributed by atoms with van der Waals surface area (Å²) in [7, 11) is 0. The Morgan fingerprint density at radius 2 is 1.83 bits per heavy atom. The smallest absolute Gasteiger partial charge is 0.325 e. The van der Waals surface area contributed by atoms with Crippen molar-refractivity contribution in [3.63, 3.8) is 0 Å². The Hall–Kier alpha value is -3.75. The Kier molecular flexibility index (Phi) is 6.36. The molecule has 0 aliphatic carbocycles. The summed E-state index contributed by atoms with van der Waals surface area (Å²) in [5.74, 6) is -0.0647. The van der Waals surface area contributed by atoms with Crippen molar-refractivity contribution in [1.82, 2.24) is 19.6 Å². The number of aromatic nitrogens is 4. The van der Waals surface area contributed by atoms with Crippen molar-refractivity contribution in [2.24, 2.45) is 5.41 Å². The van der Waals surface area contributed by atoms with Crippen LogP contribution in [0.2, 0.25) is 0 Å². The van der Waals surface area contributed by atoms with Gasteiger partial charge in [0.15, 0.2) is 11.3 Å². The molecule has 0 radical (unpaired) electrons. The monoisotopic (exact) mass is 481 g/mol. The first kappa shape index (κ1) is 24.4. The van der Waals surface area contributed by atoms with E-state index in [9.17, 15) is 18.0 Å². The standard InChI is InChI=1S/C26H26F3N5O/c1-5-16-9-10-17(14-20(16)32-24(35)25(3,4)6-2)21-15-34-22(31-21)12-11-19(33-34)18-8-7-13-30-23(18)26(27,28)29/h7-15H,5-6H2,1-4H3,(H,32,35). The Bertz CT molecular complexity index is 1390. The number of nitrogens with zero attached hydrogens (tertiary/aromatic N) is 4. The van der Waals surface area contributed by atoms with Crippen LogP contribution in [0.4, 0.5) is 18.9 Å². The van der Waals surface area contributed by atoms with Gasteiger partial charge in [0.25, 0.3) is 0 Å². The van der Waals surface area contributed by atoms with Gasteiger partial charge in [0.1, 0.15) is 0 Å². The molecule has 182 valence electrons. The lowest BCUT2D eigenvalue weighted by Gasteiger charge is -2.22. The van der Waals surface area contributed by atoms with Gasteiger partial charge in [0.2, 0.25) is 5.91 Å². The maximum absolute atomic E-state index is 13.4. The number of benzene rings is 1. The van der Waals surface area contributed by atoms with Crippen LogP contribution in [-0.2, 0) is 17.4 Å². The van der Waals surface area contributed by atoms with Crippen LogP contribution in [0.25, 0.3) is 28.2 Å². The van der Waals surface area contributed by atoms with E-state index in [1.54, 1.807) is 12.3 Å². The van der Waals surface area contributed by atoms with Gasteiger partial charge in [-0.25, -0.2) is 9.50 Å². The minimum atomic E-state index is -4.60. The lowest BCUT2D eigenvalue weighted by molar-refractivity contribution is -0.140. The van der Waals surface area contributed by atoms with Gasteiger partial charge in [0, 0.05) is 28.4 Å². The first-order chi connectivity index (χ1) is 16.5. The van der Waals surface area contributed by atoms with Crippen LogP contribution in [0.1, 0.15) is 45.4 Å². The fourth-order valence-electron chi connectivity index (χ4n) is 3.62. The number of alkyl halides is 3. The second-order valence-electron chi connectivity index (χ2n) is 8.96. The van der Waals surface area contributed by atoms with Crippen LogP contribution in [0.3, 0.4) is 0 Å². The molecule has 3 aromatic heterocycles. The molecule has 0 aliphatic rings. The maximum atomic E-state index is 13.4. The highest BCUT2D eigenvalue weighted by Gasteiger charge is 2.35. The predicted molar refractivity (Wildman–Crippen MR) is 129 cm³/mol. The molecule has 1 aromatic carbocycles. The summed E-state index contributed by atoms with van der Waals surface area (Å²) in [5, 5.41) is 7.40. The lowest BCUT2D eigenvalue weighted by atomic mass is 9.89. The first-order valence-electron chi connectivity index (χ1n) is 11.4. The van der Waals surface area contributed by atoms with E-state index >= 15 is 0 Å². The highest BCUT2D eigenvalue weighted by molar-refractivity contribution is 5.96. The zero-order valence-corrected chi connectivity index (χ0v) is 19.9. The summed E-state index contributed by atoms with van der Waals surface area (Å²) in [5.41, 5.74) is 2.08. The molecule has 4 aromatic rings. The molecule has 35 heavy (non-hydrogen) atoms. The topological polar surface area (TPSA) is 72.2 Å². The van der Waals surface area contributed by atoms with Gasteiger partial charge in [-0.2, -0.15) is 18.3 Å². The molecule has 6 nitrogen and oxygen atoms in total. The lowest BCUT2D eigenvalue weighted by Crippen LogP contribution is -2.30. The highest BCUT2D eigenvalue weighted by atomic mass is 19.4. The normalized spacial score (nSPS) is 12.2. The van der Waals surface area contributed by atoms with Gasteiger partial charge < -0.3 is 5.32 Å². The van der Waals surface area contributed by atoms with Crippen LogP contribution in [0.15, 0.2) is 54.9 Å². The second kappa shape index (κ2) is 9.13. The molecular formula is C26H26F3N5O. The van der Waals surface area contributed by atoms with Gasteiger partial charge in [-0.15, -0.1) is 0 Å². The molecule has 0 bridgehead atoms. The van der Waals surface area contributed by atoms with E-state index in [4.69, 9.17) is 0 Å². The number of pyridine rings is 1. The molecule has 0 fully saturated rings. The maximum Gasteiger partial charge on any atom is 0.434 e. The average molecular weight is 482 g/mol. The van der Waals surface area contributed by atoms with Crippen molar-refractivity contribution in [3.05, 3.63) is 66.1 Å². The molecule has 0 saturated carbocycles. The molecule has 0 saturated heterocycles. The third-order valence-electron chi connectivity index (χ3n) is 6.21. The third-order valence-corrected chi connectivity index (χ3v) is 6.21. The number of fused-ring (bicyclic) bond motifs is 1. The van der Waals surface area contributed by atoms with Gasteiger partial charge in [0.05, 0.1) is 17.6 Å². The van der Waals surface area contributed by atoms with Crippen LogP contribution < -0.4 is 5.32 Å². The van der Waals surface area contributed by atoms with Crippen molar-refractivity contribution in [3.8, 4) is 22.5 Å². The fraction of sp³-hybridized carbons (Fsp3) is 0.308. The van der Waals surface area contributed by atoms with Crippen LogP contribution in [0.5, 0.6) is 0 Å². The van der Waals surface area contributed by atoms with Crippen molar-refractivity contribution in [1.29, 1.82) is 0 Å². The molecule has 0 aliphatic heterocycles. The number of amides is 1. The first-order valence-corrected chi connectivity index (χ1v) is 11.4. The van der Waals surface area contributed by atoms with Crippen molar-refractivity contribution in [2.75, 3.05) is 5.32 Å². The number of hydrogen-bond acceptors (Lipinski definition) is 4. The number of aryl methyl sites for hydroxylation is 1. The average Bonchev–Trinajstić information content (AvgIpc) is 3.27. The van der Waals surface area contributed by atoms with Crippen LogP contribution >= 0.6 is 0 Å². The zero-order chi connectivity index (χ0) is 25.4. The van der Waals surface area contributed by atoms with Gasteiger partial charge in [-0.1, -0.05) is 39.8 Å². The van der Waals surface area contributed by atoms with Crippen molar-refractivity contribution >= 4 is 17.2 Å². The molecule has 0 spiro atoms. The Balaban J connectivity index is 1.72. The van der Waals surface area contributed by atoms with E-state index in [2.05, 4.69) is 20.4 Å². The minimum Gasteiger partial charge on any atom is -0.325 e. The summed E-state index contributed by atoms with van der Waals surface area (Å²) >= 11 is 0. The fourth-order valence-corrected chi connectivity index (χ4v) is 3.62. The number of imidazole rings is 1. The quantitative estimate of drug-likeness (QED) is 0.345. The molecule has 1 amide bonds.